The number of halogens is 1. The van der Waals surface area contributed by atoms with Gasteiger partial charge in [0.05, 0.1) is 18.5 Å². The zero-order valence-electron chi connectivity index (χ0n) is 17.5. The lowest BCUT2D eigenvalue weighted by molar-refractivity contribution is 0.190. The van der Waals surface area contributed by atoms with Crippen molar-refractivity contribution in [3.63, 3.8) is 0 Å². The minimum absolute atomic E-state index is 0. The average Bonchev–Trinajstić information content (AvgIpc) is 3.27. The van der Waals surface area contributed by atoms with Crippen LogP contribution in [0.4, 0.5) is 0 Å². The standard InChI is InChI=1S/C19H27N7O2.ClH/c1-11-13(12(2)21-18-16(11)19(27-5)23-26(18)4)6-7-15-22-17(24-28-15)14-10-20-8-9-25(14)3;/h14,20H,6-10H2,1-5H3;1H. The number of aryl methyl sites for hydroxylation is 4. The predicted octanol–water partition coefficient (Wildman–Crippen LogP) is 1.76. The highest BCUT2D eigenvalue weighted by Gasteiger charge is 2.25. The van der Waals surface area contributed by atoms with Gasteiger partial charge >= 0.3 is 0 Å². The normalized spacial score (nSPS) is 17.5. The lowest BCUT2D eigenvalue weighted by Gasteiger charge is -2.30. The molecule has 158 valence electrons. The summed E-state index contributed by atoms with van der Waals surface area (Å²) in [6, 6.07) is 0.160. The van der Waals surface area contributed by atoms with Gasteiger partial charge in [0.25, 0.3) is 0 Å². The van der Waals surface area contributed by atoms with Crippen LogP contribution in [-0.2, 0) is 19.9 Å². The second kappa shape index (κ2) is 8.64. The molecule has 1 aliphatic rings. The van der Waals surface area contributed by atoms with Crippen molar-refractivity contribution >= 4 is 23.4 Å². The highest BCUT2D eigenvalue weighted by Crippen LogP contribution is 2.30. The van der Waals surface area contributed by atoms with Crippen LogP contribution < -0.4 is 10.1 Å². The van der Waals surface area contributed by atoms with Crippen LogP contribution in [0.3, 0.4) is 0 Å². The summed E-state index contributed by atoms with van der Waals surface area (Å²) in [5.41, 5.74) is 4.15. The van der Waals surface area contributed by atoms with Crippen molar-refractivity contribution in [2.24, 2.45) is 7.05 Å². The molecule has 9 nitrogen and oxygen atoms in total. The summed E-state index contributed by atoms with van der Waals surface area (Å²) in [4.78, 5) is 11.6. The molecule has 1 unspecified atom stereocenters. The summed E-state index contributed by atoms with van der Waals surface area (Å²) in [6.45, 7) is 6.94. The zero-order valence-corrected chi connectivity index (χ0v) is 18.3. The SMILES string of the molecule is COc1nn(C)c2nc(C)c(CCc3nc(C4CNCCN4C)no3)c(C)c12.Cl. The number of likely N-dealkylation sites (N-methyl/N-ethyl adjacent to an activating group) is 1. The van der Waals surface area contributed by atoms with E-state index in [1.165, 1.54) is 5.56 Å². The van der Waals surface area contributed by atoms with E-state index in [4.69, 9.17) is 14.2 Å². The Balaban J connectivity index is 0.00000240. The lowest BCUT2D eigenvalue weighted by Crippen LogP contribution is -2.44. The summed E-state index contributed by atoms with van der Waals surface area (Å²) in [5.74, 6) is 2.02. The van der Waals surface area contributed by atoms with E-state index < -0.39 is 0 Å². The predicted molar refractivity (Wildman–Crippen MR) is 112 cm³/mol. The van der Waals surface area contributed by atoms with E-state index in [-0.39, 0.29) is 18.4 Å². The van der Waals surface area contributed by atoms with Crippen molar-refractivity contribution in [2.45, 2.75) is 32.7 Å². The maximum absolute atomic E-state index is 5.53. The van der Waals surface area contributed by atoms with Crippen molar-refractivity contribution in [1.29, 1.82) is 0 Å². The Morgan fingerprint density at radius 1 is 1.21 bits per heavy atom. The third-order valence-corrected chi connectivity index (χ3v) is 5.60. The van der Waals surface area contributed by atoms with Crippen LogP contribution in [0.1, 0.15) is 34.6 Å². The Kier molecular flexibility index (Phi) is 6.40. The van der Waals surface area contributed by atoms with Gasteiger partial charge in [-0.15, -0.1) is 17.5 Å². The summed E-state index contributed by atoms with van der Waals surface area (Å²) in [7, 11) is 5.61. The van der Waals surface area contributed by atoms with E-state index in [1.54, 1.807) is 11.8 Å². The van der Waals surface area contributed by atoms with Crippen molar-refractivity contribution in [3.8, 4) is 5.88 Å². The molecule has 0 spiro atoms. The maximum Gasteiger partial charge on any atom is 0.242 e. The van der Waals surface area contributed by atoms with Crippen LogP contribution >= 0.6 is 12.4 Å². The Hall–Kier alpha value is -2.23. The molecule has 0 aliphatic carbocycles. The fraction of sp³-hybridized carbons (Fsp3) is 0.579. The number of piperazine rings is 1. The quantitative estimate of drug-likeness (QED) is 0.666. The number of nitrogens with zero attached hydrogens (tertiary/aromatic N) is 6. The third kappa shape index (κ3) is 3.94. The van der Waals surface area contributed by atoms with E-state index in [2.05, 4.69) is 39.4 Å². The van der Waals surface area contributed by atoms with Gasteiger partial charge < -0.3 is 14.6 Å². The van der Waals surface area contributed by atoms with Gasteiger partial charge in [-0.1, -0.05) is 5.16 Å². The molecule has 1 aliphatic heterocycles. The first-order chi connectivity index (χ1) is 13.5. The number of fused-ring (bicyclic) bond motifs is 1. The number of nitrogens with one attached hydrogen (secondary N) is 1. The number of hydrogen-bond donors (Lipinski definition) is 1. The van der Waals surface area contributed by atoms with Crippen molar-refractivity contribution in [2.75, 3.05) is 33.8 Å². The molecule has 1 N–H and O–H groups in total. The minimum Gasteiger partial charge on any atom is -0.479 e. The van der Waals surface area contributed by atoms with E-state index >= 15 is 0 Å². The maximum atomic E-state index is 5.53. The molecule has 4 heterocycles. The molecule has 0 bridgehead atoms. The molecule has 29 heavy (non-hydrogen) atoms. The fourth-order valence-corrected chi connectivity index (χ4v) is 3.94. The summed E-state index contributed by atoms with van der Waals surface area (Å²) >= 11 is 0. The number of methoxy groups -OCH3 is 1. The number of ether oxygens (including phenoxy) is 1. The molecule has 0 saturated carbocycles. The number of aromatic nitrogens is 5. The molecule has 3 aromatic rings. The number of rotatable bonds is 5. The van der Waals surface area contributed by atoms with Gasteiger partial charge in [-0.25, -0.2) is 9.67 Å². The largest absolute Gasteiger partial charge is 0.479 e. The molecule has 0 aromatic carbocycles. The first-order valence-corrected chi connectivity index (χ1v) is 9.59. The van der Waals surface area contributed by atoms with E-state index in [1.807, 2.05) is 14.0 Å². The average molecular weight is 422 g/mol. The van der Waals surface area contributed by atoms with E-state index in [0.717, 1.165) is 54.2 Å². The Bertz CT molecular complexity index is 1000. The van der Waals surface area contributed by atoms with Gasteiger partial charge in [-0.3, -0.25) is 4.90 Å². The van der Waals surface area contributed by atoms with Crippen LogP contribution in [0, 0.1) is 13.8 Å². The second-order valence-corrected chi connectivity index (χ2v) is 7.38. The summed E-state index contributed by atoms with van der Waals surface area (Å²) < 4.78 is 12.7. The smallest absolute Gasteiger partial charge is 0.242 e. The van der Waals surface area contributed by atoms with Crippen molar-refractivity contribution in [3.05, 3.63) is 28.5 Å². The first-order valence-electron chi connectivity index (χ1n) is 9.59. The van der Waals surface area contributed by atoms with Gasteiger partial charge in [0.1, 0.15) is 0 Å². The van der Waals surface area contributed by atoms with Crippen LogP contribution in [0.25, 0.3) is 11.0 Å². The Morgan fingerprint density at radius 3 is 2.72 bits per heavy atom. The Labute approximate surface area is 176 Å². The molecule has 0 amide bonds. The third-order valence-electron chi connectivity index (χ3n) is 5.60. The van der Waals surface area contributed by atoms with E-state index in [9.17, 15) is 0 Å². The van der Waals surface area contributed by atoms with Gasteiger partial charge in [-0.2, -0.15) is 4.98 Å². The highest BCUT2D eigenvalue weighted by molar-refractivity contribution is 5.86. The second-order valence-electron chi connectivity index (χ2n) is 7.38. The zero-order chi connectivity index (χ0) is 19.8. The minimum atomic E-state index is 0. The monoisotopic (exact) mass is 421 g/mol. The first kappa shape index (κ1) is 21.5. The van der Waals surface area contributed by atoms with Gasteiger partial charge in [-0.05, 0) is 38.4 Å². The van der Waals surface area contributed by atoms with Crippen molar-refractivity contribution in [1.82, 2.24) is 35.1 Å². The molecular formula is C19H28ClN7O2. The highest BCUT2D eigenvalue weighted by atomic mass is 35.5. The van der Waals surface area contributed by atoms with Crippen molar-refractivity contribution < 1.29 is 9.26 Å². The lowest BCUT2D eigenvalue weighted by atomic mass is 10.0. The molecule has 1 atom stereocenters. The van der Waals surface area contributed by atoms with Gasteiger partial charge in [0, 0.05) is 38.8 Å². The molecule has 10 heteroatoms. The fourth-order valence-electron chi connectivity index (χ4n) is 3.94. The van der Waals surface area contributed by atoms with Crippen LogP contribution in [0.2, 0.25) is 0 Å². The topological polar surface area (TPSA) is 94.1 Å². The molecule has 0 radical (unpaired) electrons. The number of hydrogen-bond acceptors (Lipinski definition) is 8. The summed E-state index contributed by atoms with van der Waals surface area (Å²) in [5, 5.41) is 13.0. The Morgan fingerprint density at radius 2 is 2.00 bits per heavy atom. The molecule has 4 rings (SSSR count). The van der Waals surface area contributed by atoms with Crippen LogP contribution in [0.5, 0.6) is 5.88 Å². The van der Waals surface area contributed by atoms with Crippen LogP contribution in [-0.4, -0.2) is 63.6 Å². The number of pyridine rings is 1. The van der Waals surface area contributed by atoms with Gasteiger partial charge in [0.15, 0.2) is 11.5 Å². The molecule has 1 fully saturated rings. The molecular weight excluding hydrogens is 394 g/mol. The van der Waals surface area contributed by atoms with Gasteiger partial charge in [0.2, 0.25) is 11.8 Å². The summed E-state index contributed by atoms with van der Waals surface area (Å²) in [6.07, 6.45) is 1.45. The molecule has 3 aromatic heterocycles. The van der Waals surface area contributed by atoms with Crippen LogP contribution in [0.15, 0.2) is 4.52 Å². The van der Waals surface area contributed by atoms with E-state index in [0.29, 0.717) is 18.2 Å². The molecule has 1 saturated heterocycles.